The lowest BCUT2D eigenvalue weighted by atomic mass is 10.1. The van der Waals surface area contributed by atoms with E-state index in [1.54, 1.807) is 7.05 Å². The quantitative estimate of drug-likeness (QED) is 0.750. The van der Waals surface area contributed by atoms with Crippen LogP contribution in [0.3, 0.4) is 0 Å². The second kappa shape index (κ2) is 8.53. The summed E-state index contributed by atoms with van der Waals surface area (Å²) in [5.41, 5.74) is 8.11. The van der Waals surface area contributed by atoms with Gasteiger partial charge < -0.3 is 16.0 Å². The van der Waals surface area contributed by atoms with Crippen molar-refractivity contribution in [1.82, 2.24) is 5.32 Å². The zero-order chi connectivity index (χ0) is 14.1. The summed E-state index contributed by atoms with van der Waals surface area (Å²) < 4.78 is 0. The predicted molar refractivity (Wildman–Crippen MR) is 80.4 cm³/mol. The van der Waals surface area contributed by atoms with Crippen LogP contribution in [-0.2, 0) is 4.79 Å². The van der Waals surface area contributed by atoms with Crippen LogP contribution in [0.4, 0.5) is 5.69 Å². The Bertz CT molecular complexity index is 393. The average molecular weight is 263 g/mol. The predicted octanol–water partition coefficient (Wildman–Crippen LogP) is 1.68. The van der Waals surface area contributed by atoms with Gasteiger partial charge in [0.05, 0.1) is 0 Å². The van der Waals surface area contributed by atoms with Crippen LogP contribution in [0, 0.1) is 6.92 Å². The zero-order valence-electron chi connectivity index (χ0n) is 12.0. The number of benzene rings is 1. The summed E-state index contributed by atoms with van der Waals surface area (Å²) in [5, 5.41) is 2.66. The molecule has 0 aliphatic heterocycles. The molecule has 0 aliphatic carbocycles. The first-order valence-corrected chi connectivity index (χ1v) is 6.90. The number of nitrogens with zero attached hydrogens (tertiary/aromatic N) is 1. The monoisotopic (exact) mass is 263 g/mol. The highest BCUT2D eigenvalue weighted by Crippen LogP contribution is 2.20. The van der Waals surface area contributed by atoms with E-state index in [0.29, 0.717) is 13.0 Å². The summed E-state index contributed by atoms with van der Waals surface area (Å²) in [6.45, 7) is 4.63. The molecule has 3 N–H and O–H groups in total. The summed E-state index contributed by atoms with van der Waals surface area (Å²) in [6, 6.07) is 8.34. The van der Waals surface area contributed by atoms with Gasteiger partial charge in [0.1, 0.15) is 0 Å². The van der Waals surface area contributed by atoms with E-state index in [1.165, 1.54) is 11.3 Å². The van der Waals surface area contributed by atoms with Crippen molar-refractivity contribution in [3.63, 3.8) is 0 Å². The number of carbonyl (C=O) groups is 1. The van der Waals surface area contributed by atoms with Gasteiger partial charge in [0.15, 0.2) is 0 Å². The number of amides is 1. The van der Waals surface area contributed by atoms with Crippen molar-refractivity contribution in [2.75, 3.05) is 31.6 Å². The molecule has 0 radical (unpaired) electrons. The second-order valence-corrected chi connectivity index (χ2v) is 4.69. The van der Waals surface area contributed by atoms with Gasteiger partial charge >= 0.3 is 0 Å². The van der Waals surface area contributed by atoms with E-state index in [-0.39, 0.29) is 5.91 Å². The minimum Gasteiger partial charge on any atom is -0.371 e. The van der Waals surface area contributed by atoms with Gasteiger partial charge in [0.2, 0.25) is 5.91 Å². The van der Waals surface area contributed by atoms with Gasteiger partial charge in [-0.25, -0.2) is 0 Å². The molecular formula is C15H25N3O. The van der Waals surface area contributed by atoms with Crippen molar-refractivity contribution >= 4 is 11.6 Å². The molecular weight excluding hydrogens is 238 g/mol. The van der Waals surface area contributed by atoms with Crippen molar-refractivity contribution < 1.29 is 4.79 Å². The van der Waals surface area contributed by atoms with E-state index in [0.717, 1.165) is 25.9 Å². The molecule has 0 unspecified atom stereocenters. The van der Waals surface area contributed by atoms with E-state index in [1.807, 2.05) is 6.07 Å². The molecule has 1 aromatic rings. The summed E-state index contributed by atoms with van der Waals surface area (Å²) >= 11 is 0. The molecule has 0 spiro atoms. The Hall–Kier alpha value is -1.55. The maximum absolute atomic E-state index is 11.3. The van der Waals surface area contributed by atoms with E-state index >= 15 is 0 Å². The summed E-state index contributed by atoms with van der Waals surface area (Å²) in [5.74, 6) is 0.101. The average Bonchev–Trinajstić information content (AvgIpc) is 2.43. The Morgan fingerprint density at radius 2 is 1.95 bits per heavy atom. The number of nitrogens with two attached hydrogens (primary N) is 1. The minimum atomic E-state index is 0.101. The largest absolute Gasteiger partial charge is 0.371 e. The normalized spacial score (nSPS) is 10.3. The number of nitrogens with one attached hydrogen (secondary N) is 1. The van der Waals surface area contributed by atoms with Gasteiger partial charge in [-0.15, -0.1) is 0 Å². The van der Waals surface area contributed by atoms with E-state index in [2.05, 4.69) is 35.3 Å². The van der Waals surface area contributed by atoms with Crippen LogP contribution in [0.15, 0.2) is 24.3 Å². The van der Waals surface area contributed by atoms with E-state index < -0.39 is 0 Å². The van der Waals surface area contributed by atoms with Gasteiger partial charge in [0.25, 0.3) is 0 Å². The van der Waals surface area contributed by atoms with Gasteiger partial charge in [-0.1, -0.05) is 18.2 Å². The number of aryl methyl sites for hydroxylation is 1. The molecule has 1 amide bonds. The van der Waals surface area contributed by atoms with Gasteiger partial charge in [0, 0.05) is 32.2 Å². The minimum absolute atomic E-state index is 0.101. The summed E-state index contributed by atoms with van der Waals surface area (Å²) in [6.07, 6.45) is 2.40. The number of hydrogen-bond donors (Lipinski definition) is 2. The smallest absolute Gasteiger partial charge is 0.219 e. The third-order valence-electron chi connectivity index (χ3n) is 3.20. The number of carbonyl (C=O) groups excluding carboxylic acids is 1. The van der Waals surface area contributed by atoms with Crippen molar-refractivity contribution in [3.05, 3.63) is 29.8 Å². The fourth-order valence-corrected chi connectivity index (χ4v) is 2.11. The van der Waals surface area contributed by atoms with Crippen LogP contribution in [0.5, 0.6) is 0 Å². The molecule has 0 saturated carbocycles. The number of hydrogen-bond acceptors (Lipinski definition) is 3. The van der Waals surface area contributed by atoms with Crippen LogP contribution >= 0.6 is 0 Å². The lowest BCUT2D eigenvalue weighted by Gasteiger charge is -2.26. The van der Waals surface area contributed by atoms with Crippen molar-refractivity contribution in [3.8, 4) is 0 Å². The van der Waals surface area contributed by atoms with Crippen LogP contribution in [0.2, 0.25) is 0 Å². The van der Waals surface area contributed by atoms with Crippen molar-refractivity contribution in [2.45, 2.75) is 26.2 Å². The Balaban J connectivity index is 2.61. The molecule has 0 aliphatic rings. The number of anilines is 1. The Morgan fingerprint density at radius 3 is 2.58 bits per heavy atom. The topological polar surface area (TPSA) is 58.4 Å². The molecule has 1 rings (SSSR count). The zero-order valence-corrected chi connectivity index (χ0v) is 12.0. The molecule has 0 fully saturated rings. The van der Waals surface area contributed by atoms with Gasteiger partial charge in [-0.2, -0.15) is 0 Å². The molecule has 19 heavy (non-hydrogen) atoms. The summed E-state index contributed by atoms with van der Waals surface area (Å²) in [7, 11) is 1.68. The molecule has 1 aromatic carbocycles. The Kier molecular flexibility index (Phi) is 6.97. The molecule has 4 heteroatoms. The van der Waals surface area contributed by atoms with Crippen LogP contribution in [0.1, 0.15) is 24.8 Å². The van der Waals surface area contributed by atoms with E-state index in [9.17, 15) is 4.79 Å². The molecule has 0 bridgehead atoms. The highest BCUT2D eigenvalue weighted by Gasteiger charge is 2.09. The van der Waals surface area contributed by atoms with Crippen LogP contribution in [0.25, 0.3) is 0 Å². The lowest BCUT2D eigenvalue weighted by Crippen LogP contribution is -2.29. The van der Waals surface area contributed by atoms with Crippen molar-refractivity contribution in [1.29, 1.82) is 0 Å². The second-order valence-electron chi connectivity index (χ2n) is 4.69. The summed E-state index contributed by atoms with van der Waals surface area (Å²) in [4.78, 5) is 13.6. The Morgan fingerprint density at radius 1 is 1.26 bits per heavy atom. The van der Waals surface area contributed by atoms with Crippen LogP contribution in [-0.4, -0.2) is 32.6 Å². The number of rotatable bonds is 8. The Labute approximate surface area is 116 Å². The molecule has 0 aromatic heterocycles. The molecule has 106 valence electrons. The SMILES string of the molecule is CNC(=O)CCCN(CCCN)c1ccccc1C. The third-order valence-corrected chi connectivity index (χ3v) is 3.20. The lowest BCUT2D eigenvalue weighted by molar-refractivity contribution is -0.120. The molecule has 0 atom stereocenters. The first-order valence-electron chi connectivity index (χ1n) is 6.90. The van der Waals surface area contributed by atoms with Gasteiger partial charge in [-0.05, 0) is 37.9 Å². The highest BCUT2D eigenvalue weighted by atomic mass is 16.1. The van der Waals surface area contributed by atoms with Gasteiger partial charge in [-0.3, -0.25) is 4.79 Å². The molecule has 0 heterocycles. The maximum atomic E-state index is 11.3. The number of para-hydroxylation sites is 1. The van der Waals surface area contributed by atoms with Crippen LogP contribution < -0.4 is 16.0 Å². The first-order chi connectivity index (χ1) is 9.19. The fourth-order valence-electron chi connectivity index (χ4n) is 2.11. The highest BCUT2D eigenvalue weighted by molar-refractivity contribution is 5.75. The van der Waals surface area contributed by atoms with E-state index in [4.69, 9.17) is 5.73 Å². The fraction of sp³-hybridized carbons (Fsp3) is 0.533. The standard InChI is InChI=1S/C15H25N3O/c1-13-7-3-4-8-14(13)18(12-6-10-16)11-5-9-15(19)17-2/h3-4,7-8H,5-6,9-12,16H2,1-2H3,(H,17,19). The first kappa shape index (κ1) is 15.5. The van der Waals surface area contributed by atoms with Crippen molar-refractivity contribution in [2.24, 2.45) is 5.73 Å². The maximum Gasteiger partial charge on any atom is 0.219 e. The third kappa shape index (κ3) is 5.30. The molecule has 0 saturated heterocycles. The molecule has 4 nitrogen and oxygen atoms in total.